The molecule has 5 saturated heterocycles. The second kappa shape index (κ2) is 22.2. The van der Waals surface area contributed by atoms with E-state index in [2.05, 4.69) is 0 Å². The maximum absolute atomic E-state index is 6.83. The summed E-state index contributed by atoms with van der Waals surface area (Å²) in [4.78, 5) is 0. The van der Waals surface area contributed by atoms with Crippen LogP contribution in [0.4, 0.5) is 0 Å². The van der Waals surface area contributed by atoms with Gasteiger partial charge in [-0.3, -0.25) is 0 Å². The van der Waals surface area contributed by atoms with E-state index in [4.69, 9.17) is 94.7 Å². The molecule has 0 saturated carbocycles. The van der Waals surface area contributed by atoms with Crippen molar-refractivity contribution in [1.29, 1.82) is 0 Å². The van der Waals surface area contributed by atoms with Gasteiger partial charge >= 0.3 is 0 Å². The van der Waals surface area contributed by atoms with E-state index in [1.54, 1.807) is 56.9 Å². The summed E-state index contributed by atoms with van der Waals surface area (Å²) in [7, 11) is 18.6. The standard InChI is InChI=1S/C36H64O20/c1-37-13-17-23(41-5)27-31(47-11)33(51-17)49-15-19-21(39-3)26(44-8)30(46-10)36(54-19)56-28-24(42-6)18(14-38-2)52-34(32(28)48-12)50-16-20-22(40-4)25(43-7)29(45-9)35(53-20)55-27/h17-36H,13-16H2,1-12H3/t17-,18-,19-,20-,21-,22-,23-,24-,25+,26+,27+,28+,29-,30-,31-,32-,33+,34+,35-,36-/m1/s1. The van der Waals surface area contributed by atoms with Crippen LogP contribution in [0.1, 0.15) is 0 Å². The molecule has 0 unspecified atom stereocenters. The average Bonchev–Trinajstić information content (AvgIpc) is 3.21. The summed E-state index contributed by atoms with van der Waals surface area (Å²) >= 11 is 0. The van der Waals surface area contributed by atoms with Gasteiger partial charge < -0.3 is 94.7 Å². The van der Waals surface area contributed by atoms with Gasteiger partial charge in [0.05, 0.1) is 26.4 Å². The summed E-state index contributed by atoms with van der Waals surface area (Å²) in [6.45, 7) is 0.145. The molecule has 0 radical (unpaired) electrons. The third-order valence-electron chi connectivity index (χ3n) is 11.2. The SMILES string of the molecule is COC[C@H]1O[C@@H]2OC[C@H]3O[C@H](O[C@@H]4[C@@H](OC)[C@@H](OC[C@H]5O[C@H](O[C@H]([C@H]2OC)[C@@H]1OC)[C@H](OC)[C@@H](OC)[C@@H]5OC)O[C@H](COC)[C@H]4OC)[C@H](OC)[C@@H](OC)[C@@H]3OC. The van der Waals surface area contributed by atoms with Crippen molar-refractivity contribution in [2.24, 2.45) is 0 Å². The number of ether oxygens (including phenoxy) is 20. The zero-order valence-corrected chi connectivity index (χ0v) is 34.5. The molecule has 0 aliphatic carbocycles. The topological polar surface area (TPSA) is 185 Å². The molecule has 8 bridgehead atoms. The Kier molecular flexibility index (Phi) is 18.3. The van der Waals surface area contributed by atoms with Crippen molar-refractivity contribution in [3.05, 3.63) is 0 Å². The van der Waals surface area contributed by atoms with Crippen molar-refractivity contribution < 1.29 is 94.7 Å². The molecule has 0 aromatic carbocycles. The predicted octanol–water partition coefficient (Wildman–Crippen LogP) is -0.854. The lowest BCUT2D eigenvalue weighted by Gasteiger charge is -2.51. The highest BCUT2D eigenvalue weighted by atomic mass is 16.8. The Balaban J connectivity index is 1.62. The number of hydrogen-bond acceptors (Lipinski definition) is 20. The van der Waals surface area contributed by atoms with Crippen LogP contribution < -0.4 is 0 Å². The minimum absolute atomic E-state index is 0.0690. The monoisotopic (exact) mass is 816 g/mol. The van der Waals surface area contributed by atoms with Crippen molar-refractivity contribution in [3.8, 4) is 0 Å². The molecule has 0 aromatic rings. The van der Waals surface area contributed by atoms with Crippen LogP contribution in [-0.2, 0) is 94.7 Å². The largest absolute Gasteiger partial charge is 0.382 e. The Morgan fingerprint density at radius 1 is 0.321 bits per heavy atom. The first-order valence-corrected chi connectivity index (χ1v) is 18.7. The molecule has 0 aromatic heterocycles. The summed E-state index contributed by atoms with van der Waals surface area (Å²) in [6.07, 6.45) is -16.1. The molecule has 5 aliphatic rings. The number of hydrogen-bond donors (Lipinski definition) is 0. The van der Waals surface area contributed by atoms with Gasteiger partial charge in [-0.15, -0.1) is 0 Å². The Labute approximate surface area is 329 Å². The maximum atomic E-state index is 6.83. The zero-order valence-electron chi connectivity index (χ0n) is 34.5. The van der Waals surface area contributed by atoms with E-state index in [-0.39, 0.29) is 26.4 Å². The summed E-state index contributed by atoms with van der Waals surface area (Å²) in [5.41, 5.74) is 0. The fourth-order valence-corrected chi connectivity index (χ4v) is 8.53. The molecule has 20 atom stereocenters. The number of fused-ring (bicyclic) bond motifs is 8. The summed E-state index contributed by atoms with van der Waals surface area (Å²) in [5.74, 6) is 0. The van der Waals surface area contributed by atoms with Gasteiger partial charge in [0.15, 0.2) is 25.2 Å². The van der Waals surface area contributed by atoms with E-state index in [0.717, 1.165) is 0 Å². The van der Waals surface area contributed by atoms with Crippen molar-refractivity contribution in [1.82, 2.24) is 0 Å². The highest BCUT2D eigenvalue weighted by Crippen LogP contribution is 2.38. The van der Waals surface area contributed by atoms with Gasteiger partial charge in [-0.05, 0) is 0 Å². The van der Waals surface area contributed by atoms with E-state index in [1.165, 1.54) is 28.4 Å². The minimum Gasteiger partial charge on any atom is -0.382 e. The maximum Gasteiger partial charge on any atom is 0.187 e. The summed E-state index contributed by atoms with van der Waals surface area (Å²) < 4.78 is 124. The smallest absolute Gasteiger partial charge is 0.187 e. The molecule has 20 heteroatoms. The first kappa shape index (κ1) is 46.3. The van der Waals surface area contributed by atoms with Gasteiger partial charge in [-0.1, -0.05) is 0 Å². The van der Waals surface area contributed by atoms with Gasteiger partial charge in [0, 0.05) is 85.3 Å². The van der Waals surface area contributed by atoms with Crippen molar-refractivity contribution >= 4 is 0 Å². The van der Waals surface area contributed by atoms with Gasteiger partial charge in [0.1, 0.15) is 97.7 Å². The highest BCUT2D eigenvalue weighted by molar-refractivity contribution is 5.00. The van der Waals surface area contributed by atoms with E-state index >= 15 is 0 Å². The van der Waals surface area contributed by atoms with Crippen molar-refractivity contribution in [3.63, 3.8) is 0 Å². The fourth-order valence-electron chi connectivity index (χ4n) is 8.53. The van der Waals surface area contributed by atoms with Gasteiger partial charge in [0.25, 0.3) is 0 Å². The predicted molar refractivity (Wildman–Crippen MR) is 188 cm³/mol. The van der Waals surface area contributed by atoms with E-state index < -0.39 is 123 Å². The average molecular weight is 817 g/mol. The Morgan fingerprint density at radius 2 is 0.643 bits per heavy atom. The lowest BCUT2D eigenvalue weighted by atomic mass is 9.95. The first-order valence-electron chi connectivity index (χ1n) is 18.7. The van der Waals surface area contributed by atoms with E-state index in [0.29, 0.717) is 0 Å². The van der Waals surface area contributed by atoms with Crippen LogP contribution >= 0.6 is 0 Å². The molecule has 5 rings (SSSR count). The second-order valence-electron chi connectivity index (χ2n) is 14.0. The Hall–Kier alpha value is -0.800. The molecule has 0 amide bonds. The molecule has 5 fully saturated rings. The second-order valence-corrected chi connectivity index (χ2v) is 14.0. The lowest BCUT2D eigenvalue weighted by molar-refractivity contribution is -0.390. The van der Waals surface area contributed by atoms with E-state index in [9.17, 15) is 0 Å². The normalized spacial score (nSPS) is 46.5. The number of methoxy groups -OCH3 is 12. The van der Waals surface area contributed by atoms with Gasteiger partial charge in [-0.2, -0.15) is 0 Å². The summed E-state index contributed by atoms with van der Waals surface area (Å²) in [6, 6.07) is 0. The van der Waals surface area contributed by atoms with Crippen LogP contribution in [0.5, 0.6) is 0 Å². The summed E-state index contributed by atoms with van der Waals surface area (Å²) in [5, 5.41) is 0. The lowest BCUT2D eigenvalue weighted by Crippen LogP contribution is -2.68. The van der Waals surface area contributed by atoms with Crippen LogP contribution in [0.25, 0.3) is 0 Å². The molecule has 5 heterocycles. The van der Waals surface area contributed by atoms with Gasteiger partial charge in [0.2, 0.25) is 0 Å². The third-order valence-corrected chi connectivity index (χ3v) is 11.2. The van der Waals surface area contributed by atoms with Crippen LogP contribution in [0.3, 0.4) is 0 Å². The molecule has 20 nitrogen and oxygen atoms in total. The molecular formula is C36H64O20. The molecule has 328 valence electrons. The van der Waals surface area contributed by atoms with Crippen molar-refractivity contribution in [2.75, 3.05) is 112 Å². The third kappa shape index (κ3) is 9.55. The van der Waals surface area contributed by atoms with Gasteiger partial charge in [-0.25, -0.2) is 0 Å². The molecule has 5 aliphatic heterocycles. The molecular weight excluding hydrogens is 752 g/mol. The van der Waals surface area contributed by atoms with Crippen LogP contribution in [-0.4, -0.2) is 235 Å². The van der Waals surface area contributed by atoms with Crippen LogP contribution in [0, 0.1) is 0 Å². The number of rotatable bonds is 14. The quantitative estimate of drug-likeness (QED) is 0.211. The van der Waals surface area contributed by atoms with Crippen LogP contribution in [0.2, 0.25) is 0 Å². The molecule has 0 spiro atoms. The van der Waals surface area contributed by atoms with Crippen molar-refractivity contribution in [2.45, 2.75) is 123 Å². The Morgan fingerprint density at radius 3 is 0.929 bits per heavy atom. The zero-order chi connectivity index (χ0) is 40.5. The molecule has 0 N–H and O–H groups in total. The van der Waals surface area contributed by atoms with E-state index in [1.807, 2.05) is 0 Å². The fraction of sp³-hybridized carbons (Fsp3) is 1.00. The minimum atomic E-state index is -1.06. The van der Waals surface area contributed by atoms with Crippen LogP contribution in [0.15, 0.2) is 0 Å². The Bertz CT molecular complexity index is 1040. The first-order chi connectivity index (χ1) is 27.2. The molecule has 56 heavy (non-hydrogen) atoms. The highest BCUT2D eigenvalue weighted by Gasteiger charge is 2.57.